The third-order valence-corrected chi connectivity index (χ3v) is 4.18. The molecule has 0 aromatic rings. The first-order valence-electron chi connectivity index (χ1n) is 6.72. The summed E-state index contributed by atoms with van der Waals surface area (Å²) in [5.74, 6) is 0.283. The molecule has 0 radical (unpaired) electrons. The van der Waals surface area contributed by atoms with Crippen molar-refractivity contribution in [1.29, 1.82) is 0 Å². The number of amides is 1. The summed E-state index contributed by atoms with van der Waals surface area (Å²) in [6.45, 7) is 8.65. The van der Waals surface area contributed by atoms with Crippen molar-refractivity contribution in [3.05, 3.63) is 0 Å². The van der Waals surface area contributed by atoms with Gasteiger partial charge in [-0.2, -0.15) is 0 Å². The Hall–Kier alpha value is -0.610. The standard InChI is InChI=1S/C13H24N2O2/c1-3-13(2)4-6-15(10-13)12(16)8-11-9-17-7-5-14-11/h11,14H,3-10H2,1-2H3. The Morgan fingerprint density at radius 1 is 1.59 bits per heavy atom. The highest BCUT2D eigenvalue weighted by Gasteiger charge is 2.35. The van der Waals surface area contributed by atoms with E-state index in [-0.39, 0.29) is 11.9 Å². The lowest BCUT2D eigenvalue weighted by atomic mass is 9.87. The van der Waals surface area contributed by atoms with Crippen LogP contribution >= 0.6 is 0 Å². The van der Waals surface area contributed by atoms with Crippen LogP contribution in [0, 0.1) is 5.41 Å². The smallest absolute Gasteiger partial charge is 0.224 e. The fourth-order valence-electron chi connectivity index (χ4n) is 2.62. The zero-order valence-corrected chi connectivity index (χ0v) is 11.0. The van der Waals surface area contributed by atoms with Crippen molar-refractivity contribution in [2.75, 3.05) is 32.8 Å². The van der Waals surface area contributed by atoms with Crippen LogP contribution in [0.25, 0.3) is 0 Å². The Bertz CT molecular complexity index is 277. The molecule has 4 heteroatoms. The van der Waals surface area contributed by atoms with E-state index in [9.17, 15) is 4.79 Å². The first kappa shape index (κ1) is 12.8. The monoisotopic (exact) mass is 240 g/mol. The summed E-state index contributed by atoms with van der Waals surface area (Å²) in [5.41, 5.74) is 0.339. The highest BCUT2D eigenvalue weighted by atomic mass is 16.5. The Kier molecular flexibility index (Phi) is 4.05. The molecule has 2 heterocycles. The maximum Gasteiger partial charge on any atom is 0.224 e. The van der Waals surface area contributed by atoms with Gasteiger partial charge in [0, 0.05) is 32.1 Å². The predicted molar refractivity (Wildman–Crippen MR) is 66.8 cm³/mol. The van der Waals surface area contributed by atoms with Crippen LogP contribution in [0.3, 0.4) is 0 Å². The van der Waals surface area contributed by atoms with Crippen molar-refractivity contribution < 1.29 is 9.53 Å². The van der Waals surface area contributed by atoms with Gasteiger partial charge in [-0.05, 0) is 18.3 Å². The van der Waals surface area contributed by atoms with E-state index in [4.69, 9.17) is 4.74 Å². The number of nitrogens with zero attached hydrogens (tertiary/aromatic N) is 1. The summed E-state index contributed by atoms with van der Waals surface area (Å²) in [4.78, 5) is 14.2. The molecule has 0 aromatic heterocycles. The van der Waals surface area contributed by atoms with Crippen molar-refractivity contribution in [2.24, 2.45) is 5.41 Å². The number of likely N-dealkylation sites (tertiary alicyclic amines) is 1. The van der Waals surface area contributed by atoms with Crippen molar-refractivity contribution in [3.8, 4) is 0 Å². The fraction of sp³-hybridized carbons (Fsp3) is 0.923. The summed E-state index contributed by atoms with van der Waals surface area (Å²) in [6, 6.07) is 0.213. The third-order valence-electron chi connectivity index (χ3n) is 4.18. The van der Waals surface area contributed by atoms with Gasteiger partial charge in [-0.1, -0.05) is 13.8 Å². The Balaban J connectivity index is 1.80. The minimum atomic E-state index is 0.213. The van der Waals surface area contributed by atoms with E-state index in [0.717, 1.165) is 39.1 Å². The fourth-order valence-corrected chi connectivity index (χ4v) is 2.62. The minimum absolute atomic E-state index is 0.213. The van der Waals surface area contributed by atoms with E-state index in [1.165, 1.54) is 0 Å². The number of nitrogens with one attached hydrogen (secondary N) is 1. The van der Waals surface area contributed by atoms with Crippen LogP contribution < -0.4 is 5.32 Å². The van der Waals surface area contributed by atoms with E-state index >= 15 is 0 Å². The second kappa shape index (κ2) is 5.36. The zero-order chi connectivity index (χ0) is 12.3. The molecule has 2 unspecified atom stereocenters. The molecule has 0 aromatic carbocycles. The van der Waals surface area contributed by atoms with Crippen LogP contribution in [0.2, 0.25) is 0 Å². The molecule has 2 aliphatic rings. The molecule has 4 nitrogen and oxygen atoms in total. The number of hydrogen-bond acceptors (Lipinski definition) is 3. The molecule has 2 saturated heterocycles. The Morgan fingerprint density at radius 2 is 2.41 bits per heavy atom. The molecule has 1 N–H and O–H groups in total. The summed E-state index contributed by atoms with van der Waals surface area (Å²) in [5, 5.41) is 3.34. The molecule has 0 aliphatic carbocycles. The zero-order valence-electron chi connectivity index (χ0n) is 11.0. The molecular formula is C13H24N2O2. The summed E-state index contributed by atoms with van der Waals surface area (Å²) in [6.07, 6.45) is 2.88. The van der Waals surface area contributed by atoms with Gasteiger partial charge in [0.05, 0.1) is 13.2 Å². The largest absolute Gasteiger partial charge is 0.378 e. The van der Waals surface area contributed by atoms with E-state index in [2.05, 4.69) is 19.2 Å². The molecule has 2 aliphatic heterocycles. The molecule has 2 atom stereocenters. The lowest BCUT2D eigenvalue weighted by Gasteiger charge is -2.27. The predicted octanol–water partition coefficient (Wildman–Crippen LogP) is 1.01. The number of morpholine rings is 1. The van der Waals surface area contributed by atoms with Crippen LogP contribution in [-0.4, -0.2) is 49.7 Å². The summed E-state index contributed by atoms with van der Waals surface area (Å²) in [7, 11) is 0. The van der Waals surface area contributed by atoms with Gasteiger partial charge in [-0.15, -0.1) is 0 Å². The molecule has 17 heavy (non-hydrogen) atoms. The molecule has 0 bridgehead atoms. The number of carbonyl (C=O) groups is 1. The molecule has 1 amide bonds. The molecular weight excluding hydrogens is 216 g/mol. The lowest BCUT2D eigenvalue weighted by molar-refractivity contribution is -0.131. The number of rotatable bonds is 3. The minimum Gasteiger partial charge on any atom is -0.378 e. The maximum absolute atomic E-state index is 12.1. The van der Waals surface area contributed by atoms with Gasteiger partial charge in [0.1, 0.15) is 0 Å². The van der Waals surface area contributed by atoms with Crippen LogP contribution in [0.15, 0.2) is 0 Å². The molecule has 2 rings (SSSR count). The van der Waals surface area contributed by atoms with Crippen LogP contribution in [-0.2, 0) is 9.53 Å². The van der Waals surface area contributed by atoms with Crippen LogP contribution in [0.4, 0.5) is 0 Å². The first-order valence-corrected chi connectivity index (χ1v) is 6.72. The van der Waals surface area contributed by atoms with Crippen molar-refractivity contribution in [1.82, 2.24) is 10.2 Å². The van der Waals surface area contributed by atoms with E-state index in [0.29, 0.717) is 18.4 Å². The van der Waals surface area contributed by atoms with Crippen LogP contribution in [0.5, 0.6) is 0 Å². The van der Waals surface area contributed by atoms with Gasteiger partial charge in [0.25, 0.3) is 0 Å². The van der Waals surface area contributed by atoms with Gasteiger partial charge < -0.3 is 15.0 Å². The average Bonchev–Trinajstić information content (AvgIpc) is 2.74. The topological polar surface area (TPSA) is 41.6 Å². The molecule has 98 valence electrons. The lowest BCUT2D eigenvalue weighted by Crippen LogP contribution is -2.45. The summed E-state index contributed by atoms with van der Waals surface area (Å²) >= 11 is 0. The second-order valence-electron chi connectivity index (χ2n) is 5.66. The molecule has 0 saturated carbocycles. The van der Waals surface area contributed by atoms with E-state index < -0.39 is 0 Å². The Labute approximate surface area is 104 Å². The van der Waals surface area contributed by atoms with Gasteiger partial charge >= 0.3 is 0 Å². The highest BCUT2D eigenvalue weighted by Crippen LogP contribution is 2.33. The van der Waals surface area contributed by atoms with Crippen molar-refractivity contribution in [3.63, 3.8) is 0 Å². The number of carbonyl (C=O) groups excluding carboxylic acids is 1. The van der Waals surface area contributed by atoms with Gasteiger partial charge in [-0.3, -0.25) is 4.79 Å². The van der Waals surface area contributed by atoms with Gasteiger partial charge in [0.15, 0.2) is 0 Å². The highest BCUT2D eigenvalue weighted by molar-refractivity contribution is 5.77. The third kappa shape index (κ3) is 3.19. The second-order valence-corrected chi connectivity index (χ2v) is 5.66. The Morgan fingerprint density at radius 3 is 3.00 bits per heavy atom. The quantitative estimate of drug-likeness (QED) is 0.800. The number of ether oxygens (including phenoxy) is 1. The maximum atomic E-state index is 12.1. The molecule has 2 fully saturated rings. The van der Waals surface area contributed by atoms with Crippen molar-refractivity contribution >= 4 is 5.91 Å². The number of hydrogen-bond donors (Lipinski definition) is 1. The van der Waals surface area contributed by atoms with Crippen molar-refractivity contribution in [2.45, 2.75) is 39.2 Å². The normalized spacial score (nSPS) is 34.0. The van der Waals surface area contributed by atoms with E-state index in [1.54, 1.807) is 0 Å². The SMILES string of the molecule is CCC1(C)CCN(C(=O)CC2COCCN2)C1. The van der Waals surface area contributed by atoms with Gasteiger partial charge in [-0.25, -0.2) is 0 Å². The first-order chi connectivity index (χ1) is 8.13. The van der Waals surface area contributed by atoms with Crippen LogP contribution in [0.1, 0.15) is 33.1 Å². The average molecular weight is 240 g/mol. The summed E-state index contributed by atoms with van der Waals surface area (Å²) < 4.78 is 5.37. The van der Waals surface area contributed by atoms with Gasteiger partial charge in [0.2, 0.25) is 5.91 Å². The molecule has 0 spiro atoms. The van der Waals surface area contributed by atoms with E-state index in [1.807, 2.05) is 4.90 Å².